The summed E-state index contributed by atoms with van der Waals surface area (Å²) >= 11 is 6.13. The van der Waals surface area contributed by atoms with Gasteiger partial charge in [-0.15, -0.1) is 0 Å². The summed E-state index contributed by atoms with van der Waals surface area (Å²) in [4.78, 5) is 13.0. The van der Waals surface area contributed by atoms with E-state index >= 15 is 0 Å². The van der Waals surface area contributed by atoms with E-state index in [2.05, 4.69) is 6.58 Å². The van der Waals surface area contributed by atoms with Gasteiger partial charge in [0.1, 0.15) is 0 Å². The van der Waals surface area contributed by atoms with Crippen LogP contribution in [0, 0.1) is 12.8 Å². The van der Waals surface area contributed by atoms with Gasteiger partial charge in [-0.2, -0.15) is 0 Å². The van der Waals surface area contributed by atoms with Gasteiger partial charge in [0.05, 0.1) is 5.92 Å². The Balaban J connectivity index is 2.98. The van der Waals surface area contributed by atoms with E-state index in [1.165, 1.54) is 0 Å². The van der Waals surface area contributed by atoms with Crippen LogP contribution in [0.25, 0.3) is 0 Å². The monoisotopic (exact) mass is 281 g/mol. The number of carbonyl (C=O) groups is 1. The molecule has 0 heterocycles. The van der Waals surface area contributed by atoms with Gasteiger partial charge in [-0.3, -0.25) is 4.79 Å². The summed E-state index contributed by atoms with van der Waals surface area (Å²) in [7, 11) is 0. The lowest BCUT2D eigenvalue weighted by Crippen LogP contribution is -2.33. The number of aryl methyl sites for hydroxylation is 1. The maximum Gasteiger partial charge on any atom is 0.308 e. The Hall–Kier alpha value is -1.48. The molecule has 0 aliphatic rings. The van der Waals surface area contributed by atoms with Crippen molar-refractivity contribution in [3.05, 3.63) is 40.9 Å². The minimum atomic E-state index is -0.801. The van der Waals surface area contributed by atoms with Gasteiger partial charge < -0.3 is 10.0 Å². The third-order valence-corrected chi connectivity index (χ3v) is 3.30. The Labute approximate surface area is 119 Å². The van der Waals surface area contributed by atoms with Gasteiger partial charge in [-0.25, -0.2) is 0 Å². The Kier molecular flexibility index (Phi) is 5.43. The first-order valence-corrected chi connectivity index (χ1v) is 6.57. The summed E-state index contributed by atoms with van der Waals surface area (Å²) in [6, 6.07) is 5.77. The third-order valence-electron chi connectivity index (χ3n) is 2.90. The quantitative estimate of drug-likeness (QED) is 0.807. The average Bonchev–Trinajstić information content (AvgIpc) is 2.31. The van der Waals surface area contributed by atoms with E-state index in [0.29, 0.717) is 18.1 Å². The molecule has 0 aliphatic carbocycles. The van der Waals surface area contributed by atoms with Gasteiger partial charge in [0.25, 0.3) is 0 Å². The van der Waals surface area contributed by atoms with Gasteiger partial charge >= 0.3 is 5.97 Å². The molecule has 104 valence electrons. The first kappa shape index (κ1) is 15.6. The van der Waals surface area contributed by atoms with E-state index in [9.17, 15) is 4.79 Å². The Morgan fingerprint density at radius 1 is 1.53 bits per heavy atom. The molecule has 0 bridgehead atoms. The number of carboxylic acids is 1. The highest BCUT2D eigenvalue weighted by Gasteiger charge is 2.17. The molecule has 1 unspecified atom stereocenters. The van der Waals surface area contributed by atoms with E-state index in [1.54, 1.807) is 6.92 Å². The zero-order valence-electron chi connectivity index (χ0n) is 11.6. The van der Waals surface area contributed by atoms with Crippen molar-refractivity contribution < 1.29 is 9.90 Å². The molecule has 0 saturated carbocycles. The van der Waals surface area contributed by atoms with Crippen LogP contribution in [0.5, 0.6) is 0 Å². The first-order valence-electron chi connectivity index (χ1n) is 6.19. The Morgan fingerprint density at radius 2 is 2.16 bits per heavy atom. The number of halogens is 1. The normalized spacial score (nSPS) is 12.0. The molecule has 0 aliphatic heterocycles. The fourth-order valence-corrected chi connectivity index (χ4v) is 1.95. The lowest BCUT2D eigenvalue weighted by molar-refractivity contribution is -0.140. The van der Waals surface area contributed by atoms with Gasteiger partial charge in [0, 0.05) is 23.8 Å². The number of nitrogens with zero attached hydrogens (tertiary/aromatic N) is 1. The molecule has 0 spiro atoms. The standard InChI is InChI=1S/C15H20ClNO2/c1-10(2)8-17(9-12(4)15(18)19)13-6-5-11(3)14(16)7-13/h5-7,12H,1,8-9H2,2-4H3,(H,18,19). The van der Waals surface area contributed by atoms with Crippen LogP contribution in [0.15, 0.2) is 30.4 Å². The van der Waals surface area contributed by atoms with Crippen LogP contribution in [-0.4, -0.2) is 24.2 Å². The van der Waals surface area contributed by atoms with Crippen molar-refractivity contribution >= 4 is 23.3 Å². The SMILES string of the molecule is C=C(C)CN(CC(C)C(=O)O)c1ccc(C)c(Cl)c1. The first-order chi connectivity index (χ1) is 8.81. The zero-order valence-corrected chi connectivity index (χ0v) is 12.4. The van der Waals surface area contributed by atoms with Crippen molar-refractivity contribution in [1.82, 2.24) is 0 Å². The molecule has 1 rings (SSSR count). The van der Waals surface area contributed by atoms with Crippen molar-refractivity contribution in [2.24, 2.45) is 5.92 Å². The molecule has 19 heavy (non-hydrogen) atoms. The van der Waals surface area contributed by atoms with Crippen LogP contribution in [0.4, 0.5) is 5.69 Å². The Bertz CT molecular complexity index is 485. The molecular weight excluding hydrogens is 262 g/mol. The average molecular weight is 282 g/mol. The third kappa shape index (κ3) is 4.60. The number of carboxylic acid groups (broad SMARTS) is 1. The number of hydrogen-bond acceptors (Lipinski definition) is 2. The molecule has 3 nitrogen and oxygen atoms in total. The molecular formula is C15H20ClNO2. The summed E-state index contributed by atoms with van der Waals surface area (Å²) in [6.07, 6.45) is 0. The van der Waals surface area contributed by atoms with Crippen LogP contribution in [0.3, 0.4) is 0 Å². The summed E-state index contributed by atoms with van der Waals surface area (Å²) < 4.78 is 0. The zero-order chi connectivity index (χ0) is 14.6. The summed E-state index contributed by atoms with van der Waals surface area (Å²) in [5.74, 6) is -1.25. The van der Waals surface area contributed by atoms with Gasteiger partial charge in [0.15, 0.2) is 0 Å². The molecule has 1 atom stereocenters. The maximum atomic E-state index is 11.0. The minimum Gasteiger partial charge on any atom is -0.481 e. The largest absolute Gasteiger partial charge is 0.481 e. The van der Waals surface area contributed by atoms with Gasteiger partial charge in [0.2, 0.25) is 0 Å². The number of rotatable bonds is 6. The van der Waals surface area contributed by atoms with E-state index in [-0.39, 0.29) is 0 Å². The molecule has 1 aromatic carbocycles. The molecule has 0 fully saturated rings. The van der Waals surface area contributed by atoms with E-state index in [4.69, 9.17) is 16.7 Å². The smallest absolute Gasteiger partial charge is 0.308 e. The fraction of sp³-hybridized carbons (Fsp3) is 0.400. The van der Waals surface area contributed by atoms with Crippen LogP contribution in [0.1, 0.15) is 19.4 Å². The van der Waals surface area contributed by atoms with Crippen molar-refractivity contribution in [2.45, 2.75) is 20.8 Å². The summed E-state index contributed by atoms with van der Waals surface area (Å²) in [5, 5.41) is 9.72. The highest BCUT2D eigenvalue weighted by atomic mass is 35.5. The van der Waals surface area contributed by atoms with Crippen molar-refractivity contribution in [1.29, 1.82) is 0 Å². The second kappa shape index (κ2) is 6.62. The lowest BCUT2D eigenvalue weighted by atomic mass is 10.1. The van der Waals surface area contributed by atoms with Crippen LogP contribution in [0.2, 0.25) is 5.02 Å². The molecule has 0 saturated heterocycles. The van der Waals surface area contributed by atoms with E-state index < -0.39 is 11.9 Å². The molecule has 1 N–H and O–H groups in total. The van der Waals surface area contributed by atoms with E-state index in [0.717, 1.165) is 16.8 Å². The predicted octanol–water partition coefficient (Wildman–Crippen LogP) is 3.75. The molecule has 0 radical (unpaired) electrons. The molecule has 0 aromatic heterocycles. The Morgan fingerprint density at radius 3 is 2.63 bits per heavy atom. The topological polar surface area (TPSA) is 40.5 Å². The van der Waals surface area contributed by atoms with Crippen molar-refractivity contribution in [3.8, 4) is 0 Å². The van der Waals surface area contributed by atoms with Crippen LogP contribution < -0.4 is 4.90 Å². The molecule has 4 heteroatoms. The van der Waals surface area contributed by atoms with Crippen LogP contribution in [-0.2, 0) is 4.79 Å². The molecule has 0 amide bonds. The lowest BCUT2D eigenvalue weighted by Gasteiger charge is -2.27. The second-order valence-electron chi connectivity index (χ2n) is 5.01. The maximum absolute atomic E-state index is 11.0. The highest BCUT2D eigenvalue weighted by Crippen LogP contribution is 2.24. The highest BCUT2D eigenvalue weighted by molar-refractivity contribution is 6.31. The van der Waals surface area contributed by atoms with Crippen molar-refractivity contribution in [3.63, 3.8) is 0 Å². The number of aliphatic carboxylic acids is 1. The number of anilines is 1. The second-order valence-corrected chi connectivity index (χ2v) is 5.42. The fourth-order valence-electron chi connectivity index (χ4n) is 1.77. The van der Waals surface area contributed by atoms with E-state index in [1.807, 2.05) is 36.9 Å². The van der Waals surface area contributed by atoms with Crippen LogP contribution >= 0.6 is 11.6 Å². The van der Waals surface area contributed by atoms with Crippen molar-refractivity contribution in [2.75, 3.05) is 18.0 Å². The molecule has 1 aromatic rings. The van der Waals surface area contributed by atoms with Gasteiger partial charge in [-0.05, 0) is 31.5 Å². The summed E-state index contributed by atoms with van der Waals surface area (Å²) in [6.45, 7) is 10.5. The van der Waals surface area contributed by atoms with Gasteiger partial charge in [-0.1, -0.05) is 36.7 Å². The number of hydrogen-bond donors (Lipinski definition) is 1. The summed E-state index contributed by atoms with van der Waals surface area (Å²) in [5.41, 5.74) is 2.91. The number of benzene rings is 1. The predicted molar refractivity (Wildman–Crippen MR) is 80.0 cm³/mol. The minimum absolute atomic E-state index is 0.432.